The molecule has 1 aliphatic heterocycles. The number of hydrogen-bond donors (Lipinski definition) is 1. The second-order valence-corrected chi connectivity index (χ2v) is 7.36. The fourth-order valence-corrected chi connectivity index (χ4v) is 3.38. The first-order valence-electron chi connectivity index (χ1n) is 10.3. The van der Waals surface area contributed by atoms with E-state index in [0.717, 1.165) is 11.3 Å². The molecule has 0 bridgehead atoms. The number of benzene rings is 3. The van der Waals surface area contributed by atoms with E-state index in [1.165, 1.54) is 0 Å². The number of rotatable bonds is 7. The number of anilines is 2. The van der Waals surface area contributed by atoms with Gasteiger partial charge in [0.15, 0.2) is 6.61 Å². The number of ether oxygens (including phenoxy) is 3. The van der Waals surface area contributed by atoms with E-state index in [4.69, 9.17) is 14.2 Å². The van der Waals surface area contributed by atoms with Crippen molar-refractivity contribution in [2.45, 2.75) is 6.92 Å². The minimum Gasteiger partial charge on any atom is -0.497 e. The van der Waals surface area contributed by atoms with Crippen molar-refractivity contribution in [2.24, 2.45) is 0 Å². The van der Waals surface area contributed by atoms with Crippen molar-refractivity contribution in [3.8, 4) is 17.2 Å². The molecule has 0 saturated carbocycles. The number of carbonyl (C=O) groups is 2. The van der Waals surface area contributed by atoms with Gasteiger partial charge in [-0.25, -0.2) is 0 Å². The summed E-state index contributed by atoms with van der Waals surface area (Å²) in [5.41, 5.74) is 2.85. The smallest absolute Gasteiger partial charge is 0.265 e. The molecular formula is C25H24N2O5. The van der Waals surface area contributed by atoms with Gasteiger partial charge in [-0.3, -0.25) is 9.59 Å². The number of amides is 2. The highest BCUT2D eigenvalue weighted by molar-refractivity contribution is 6.05. The number of aryl methyl sites for hydroxylation is 1. The molecule has 2 amide bonds. The lowest BCUT2D eigenvalue weighted by atomic mass is 10.1. The molecule has 32 heavy (non-hydrogen) atoms. The van der Waals surface area contributed by atoms with Crippen LogP contribution in [0.15, 0.2) is 66.7 Å². The zero-order valence-electron chi connectivity index (χ0n) is 18.0. The van der Waals surface area contributed by atoms with Crippen molar-refractivity contribution in [3.05, 3.63) is 77.9 Å². The van der Waals surface area contributed by atoms with E-state index in [2.05, 4.69) is 5.32 Å². The summed E-state index contributed by atoms with van der Waals surface area (Å²) in [4.78, 5) is 26.6. The molecule has 164 valence electrons. The quantitative estimate of drug-likeness (QED) is 0.609. The molecule has 3 aromatic carbocycles. The molecule has 1 N–H and O–H groups in total. The van der Waals surface area contributed by atoms with Gasteiger partial charge in [-0.2, -0.15) is 0 Å². The molecule has 4 rings (SSSR count). The third-order valence-corrected chi connectivity index (χ3v) is 5.10. The zero-order valence-corrected chi connectivity index (χ0v) is 18.0. The average Bonchev–Trinajstić information content (AvgIpc) is 2.81. The molecule has 0 radical (unpaired) electrons. The van der Waals surface area contributed by atoms with Crippen molar-refractivity contribution in [1.82, 2.24) is 0 Å². The Morgan fingerprint density at radius 2 is 1.88 bits per heavy atom. The van der Waals surface area contributed by atoms with Crippen molar-refractivity contribution in [1.29, 1.82) is 0 Å². The molecule has 0 saturated heterocycles. The van der Waals surface area contributed by atoms with E-state index in [9.17, 15) is 9.59 Å². The van der Waals surface area contributed by atoms with Gasteiger partial charge >= 0.3 is 0 Å². The highest BCUT2D eigenvalue weighted by atomic mass is 16.5. The molecule has 0 atom stereocenters. The molecule has 0 unspecified atom stereocenters. The first-order valence-corrected chi connectivity index (χ1v) is 10.3. The summed E-state index contributed by atoms with van der Waals surface area (Å²) in [5.74, 6) is 1.49. The first kappa shape index (κ1) is 21.2. The molecule has 0 aliphatic carbocycles. The Balaban J connectivity index is 1.43. The Labute approximate surface area is 186 Å². The van der Waals surface area contributed by atoms with Crippen LogP contribution in [0.1, 0.15) is 15.9 Å². The highest BCUT2D eigenvalue weighted by Crippen LogP contribution is 2.34. The minimum absolute atomic E-state index is 0.0647. The topological polar surface area (TPSA) is 77.1 Å². The molecule has 1 aliphatic rings. The van der Waals surface area contributed by atoms with Gasteiger partial charge in [0.05, 0.1) is 19.3 Å². The van der Waals surface area contributed by atoms with Crippen LogP contribution in [0.25, 0.3) is 0 Å². The van der Waals surface area contributed by atoms with Gasteiger partial charge in [-0.05, 0) is 49.4 Å². The molecule has 7 nitrogen and oxygen atoms in total. The lowest BCUT2D eigenvalue weighted by Gasteiger charge is -2.29. The molecule has 0 spiro atoms. The fraction of sp³-hybridized carbons (Fsp3) is 0.200. The van der Waals surface area contributed by atoms with Crippen molar-refractivity contribution >= 4 is 23.2 Å². The Morgan fingerprint density at radius 3 is 2.66 bits per heavy atom. The van der Waals surface area contributed by atoms with E-state index in [0.29, 0.717) is 41.6 Å². The van der Waals surface area contributed by atoms with Crippen molar-refractivity contribution in [2.75, 3.05) is 37.1 Å². The molecule has 1 heterocycles. The molecule has 0 fully saturated rings. The molecule has 0 aromatic heterocycles. The molecule has 3 aromatic rings. The van der Waals surface area contributed by atoms with Crippen molar-refractivity contribution < 1.29 is 23.8 Å². The second-order valence-electron chi connectivity index (χ2n) is 7.36. The largest absolute Gasteiger partial charge is 0.497 e. The SMILES string of the molecule is COc1cccc(C(=O)Nc2ccc3c(c2)OCC(=O)N3CCOc2ccc(C)cc2)c1. The van der Waals surface area contributed by atoms with Gasteiger partial charge < -0.3 is 24.4 Å². The normalized spacial score (nSPS) is 12.6. The van der Waals surface area contributed by atoms with Crippen LogP contribution in [0.5, 0.6) is 17.2 Å². The lowest BCUT2D eigenvalue weighted by Crippen LogP contribution is -2.41. The zero-order chi connectivity index (χ0) is 22.5. The lowest BCUT2D eigenvalue weighted by molar-refractivity contribution is -0.121. The van der Waals surface area contributed by atoms with E-state index in [1.807, 2.05) is 31.2 Å². The third kappa shape index (κ3) is 4.83. The van der Waals surface area contributed by atoms with E-state index < -0.39 is 0 Å². The second kappa shape index (κ2) is 9.43. The van der Waals surface area contributed by atoms with Crippen LogP contribution >= 0.6 is 0 Å². The minimum atomic E-state index is -0.265. The molecular weight excluding hydrogens is 408 g/mol. The number of methoxy groups -OCH3 is 1. The maximum Gasteiger partial charge on any atom is 0.265 e. The summed E-state index contributed by atoms with van der Waals surface area (Å²) in [6.07, 6.45) is 0. The van der Waals surface area contributed by atoms with Crippen LogP contribution in [-0.2, 0) is 4.79 Å². The summed E-state index contributed by atoms with van der Waals surface area (Å²) < 4.78 is 16.5. The summed E-state index contributed by atoms with van der Waals surface area (Å²) in [5, 5.41) is 2.85. The maximum absolute atomic E-state index is 12.6. The van der Waals surface area contributed by atoms with Crippen LogP contribution in [0.3, 0.4) is 0 Å². The van der Waals surface area contributed by atoms with E-state index >= 15 is 0 Å². The van der Waals surface area contributed by atoms with Gasteiger partial charge in [-0.1, -0.05) is 23.8 Å². The Kier molecular flexibility index (Phi) is 6.26. The highest BCUT2D eigenvalue weighted by Gasteiger charge is 2.26. The van der Waals surface area contributed by atoms with Gasteiger partial charge in [0, 0.05) is 17.3 Å². The summed E-state index contributed by atoms with van der Waals surface area (Å²) in [6, 6.07) is 19.9. The van der Waals surface area contributed by atoms with Crippen LogP contribution in [-0.4, -0.2) is 38.7 Å². The van der Waals surface area contributed by atoms with Crippen LogP contribution in [0.4, 0.5) is 11.4 Å². The predicted molar refractivity (Wildman–Crippen MR) is 122 cm³/mol. The van der Waals surface area contributed by atoms with E-state index in [-0.39, 0.29) is 18.4 Å². The van der Waals surface area contributed by atoms with Gasteiger partial charge in [0.25, 0.3) is 11.8 Å². The average molecular weight is 432 g/mol. The van der Waals surface area contributed by atoms with Gasteiger partial charge in [-0.15, -0.1) is 0 Å². The fourth-order valence-electron chi connectivity index (χ4n) is 3.38. The van der Waals surface area contributed by atoms with Crippen molar-refractivity contribution in [3.63, 3.8) is 0 Å². The summed E-state index contributed by atoms with van der Waals surface area (Å²) >= 11 is 0. The van der Waals surface area contributed by atoms with Crippen LogP contribution in [0.2, 0.25) is 0 Å². The predicted octanol–water partition coefficient (Wildman–Crippen LogP) is 4.06. The van der Waals surface area contributed by atoms with Crippen LogP contribution < -0.4 is 24.4 Å². The van der Waals surface area contributed by atoms with Crippen LogP contribution in [0, 0.1) is 6.92 Å². The maximum atomic E-state index is 12.6. The number of hydrogen-bond acceptors (Lipinski definition) is 5. The van der Waals surface area contributed by atoms with E-state index in [1.54, 1.807) is 54.5 Å². The number of nitrogens with zero attached hydrogens (tertiary/aromatic N) is 1. The van der Waals surface area contributed by atoms with Gasteiger partial charge in [0.1, 0.15) is 23.9 Å². The Hall–Kier alpha value is -4.00. The third-order valence-electron chi connectivity index (χ3n) is 5.10. The Bertz CT molecular complexity index is 1130. The number of fused-ring (bicyclic) bond motifs is 1. The molecule has 7 heteroatoms. The number of carbonyl (C=O) groups excluding carboxylic acids is 2. The standard InChI is InChI=1S/C25H24N2O5/c1-17-6-9-20(10-7-17)31-13-12-27-22-11-8-19(15-23(22)32-16-24(27)28)26-25(29)18-4-3-5-21(14-18)30-2/h3-11,14-15H,12-13,16H2,1-2H3,(H,26,29). The summed E-state index contributed by atoms with van der Waals surface area (Å²) in [7, 11) is 1.55. The Morgan fingerprint density at radius 1 is 1.06 bits per heavy atom. The number of nitrogens with one attached hydrogen (secondary N) is 1. The monoisotopic (exact) mass is 432 g/mol. The van der Waals surface area contributed by atoms with Gasteiger partial charge in [0.2, 0.25) is 0 Å². The first-order chi connectivity index (χ1) is 15.5. The summed E-state index contributed by atoms with van der Waals surface area (Å²) in [6.45, 7) is 2.69.